The first-order chi connectivity index (χ1) is 17.0. The summed E-state index contributed by atoms with van der Waals surface area (Å²) in [6, 6.07) is 5.18. The fourth-order valence-electron chi connectivity index (χ4n) is 3.89. The minimum absolute atomic E-state index is 0.174. The molecule has 2 aromatic heterocycles. The molecule has 192 valence electrons. The highest BCUT2D eigenvalue weighted by Gasteiger charge is 2.28. The van der Waals surface area contributed by atoms with Crippen LogP contribution in [0.5, 0.6) is 0 Å². The van der Waals surface area contributed by atoms with E-state index in [-0.39, 0.29) is 22.5 Å². The Labute approximate surface area is 218 Å². The van der Waals surface area contributed by atoms with Gasteiger partial charge in [0.15, 0.2) is 0 Å². The number of nitrogens with two attached hydrogens (primary N) is 1. The number of piperazine rings is 1. The molecular formula is C23H28Cl2N8O3. The van der Waals surface area contributed by atoms with Crippen LogP contribution in [0.15, 0.2) is 29.3 Å². The van der Waals surface area contributed by atoms with Crippen LogP contribution in [0.1, 0.15) is 26.6 Å². The SMILES string of the molecule is CC(C)(C)OC(=O)N1CCN(n2c(CCNc3ncnc(N)c3Cl)nc3cccc(Cl)c3c2=O)CC1. The van der Waals surface area contributed by atoms with Gasteiger partial charge < -0.3 is 25.7 Å². The summed E-state index contributed by atoms with van der Waals surface area (Å²) in [5.41, 5.74) is 5.41. The number of rotatable bonds is 5. The fourth-order valence-corrected chi connectivity index (χ4v) is 4.30. The highest BCUT2D eigenvalue weighted by molar-refractivity contribution is 6.35. The number of amides is 1. The minimum atomic E-state index is -0.582. The maximum absolute atomic E-state index is 13.6. The Balaban J connectivity index is 1.59. The Morgan fingerprint density at radius 1 is 1.17 bits per heavy atom. The zero-order valence-electron chi connectivity index (χ0n) is 20.3. The van der Waals surface area contributed by atoms with Crippen molar-refractivity contribution in [3.8, 4) is 0 Å². The summed E-state index contributed by atoms with van der Waals surface area (Å²) < 4.78 is 7.04. The minimum Gasteiger partial charge on any atom is -0.444 e. The Hall–Kier alpha value is -3.31. The van der Waals surface area contributed by atoms with Gasteiger partial charge >= 0.3 is 6.09 Å². The van der Waals surface area contributed by atoms with Crippen molar-refractivity contribution < 1.29 is 9.53 Å². The maximum Gasteiger partial charge on any atom is 0.410 e. The Bertz CT molecular complexity index is 1330. The first-order valence-electron chi connectivity index (χ1n) is 11.5. The van der Waals surface area contributed by atoms with Crippen LogP contribution in [0, 0.1) is 0 Å². The molecule has 0 spiro atoms. The molecule has 1 fully saturated rings. The van der Waals surface area contributed by atoms with E-state index >= 15 is 0 Å². The molecule has 0 unspecified atom stereocenters. The third-order valence-corrected chi connectivity index (χ3v) is 6.23. The van der Waals surface area contributed by atoms with Gasteiger partial charge in [-0.2, -0.15) is 0 Å². The average Bonchev–Trinajstić information content (AvgIpc) is 2.81. The number of benzene rings is 1. The van der Waals surface area contributed by atoms with E-state index in [0.29, 0.717) is 66.7 Å². The van der Waals surface area contributed by atoms with Crippen LogP contribution in [0.25, 0.3) is 10.9 Å². The molecule has 3 heterocycles. The number of carbonyl (C=O) groups is 1. The third kappa shape index (κ3) is 5.57. The topological polar surface area (TPSA) is 132 Å². The van der Waals surface area contributed by atoms with Gasteiger partial charge in [-0.3, -0.25) is 4.79 Å². The number of nitrogens with one attached hydrogen (secondary N) is 1. The van der Waals surface area contributed by atoms with E-state index in [9.17, 15) is 9.59 Å². The van der Waals surface area contributed by atoms with Crippen molar-refractivity contribution in [3.63, 3.8) is 0 Å². The second kappa shape index (κ2) is 10.4. The monoisotopic (exact) mass is 534 g/mol. The molecule has 36 heavy (non-hydrogen) atoms. The summed E-state index contributed by atoms with van der Waals surface area (Å²) >= 11 is 12.6. The van der Waals surface area contributed by atoms with Gasteiger partial charge in [-0.25, -0.2) is 24.4 Å². The van der Waals surface area contributed by atoms with E-state index in [2.05, 4.69) is 15.3 Å². The lowest BCUT2D eigenvalue weighted by Crippen LogP contribution is -2.56. The molecule has 1 aromatic carbocycles. The van der Waals surface area contributed by atoms with Gasteiger partial charge in [0.05, 0.1) is 29.0 Å². The second-order valence-corrected chi connectivity index (χ2v) is 10.1. The summed E-state index contributed by atoms with van der Waals surface area (Å²) in [7, 11) is 0. The number of hydrogen-bond acceptors (Lipinski definition) is 9. The summed E-state index contributed by atoms with van der Waals surface area (Å²) in [6.07, 6.45) is 1.32. The molecular weight excluding hydrogens is 507 g/mol. The van der Waals surface area contributed by atoms with Crippen LogP contribution in [-0.4, -0.2) is 68.9 Å². The largest absolute Gasteiger partial charge is 0.444 e. The van der Waals surface area contributed by atoms with Crippen molar-refractivity contribution in [3.05, 3.63) is 50.7 Å². The zero-order chi connectivity index (χ0) is 26.0. The molecule has 0 radical (unpaired) electrons. The van der Waals surface area contributed by atoms with E-state index in [1.807, 2.05) is 25.8 Å². The highest BCUT2D eigenvalue weighted by atomic mass is 35.5. The summed E-state index contributed by atoms with van der Waals surface area (Å²) in [5, 5.41) is 5.91. The smallest absolute Gasteiger partial charge is 0.410 e. The molecule has 4 rings (SSSR count). The fraction of sp³-hybridized carbons (Fsp3) is 0.435. The van der Waals surface area contributed by atoms with Crippen LogP contribution < -0.4 is 21.6 Å². The van der Waals surface area contributed by atoms with Crippen molar-refractivity contribution in [1.29, 1.82) is 0 Å². The van der Waals surface area contributed by atoms with Crippen molar-refractivity contribution >= 4 is 51.8 Å². The van der Waals surface area contributed by atoms with Crippen molar-refractivity contribution in [2.24, 2.45) is 0 Å². The number of carbonyl (C=O) groups excluding carboxylic acids is 1. The van der Waals surface area contributed by atoms with Crippen LogP contribution in [0.2, 0.25) is 10.0 Å². The van der Waals surface area contributed by atoms with Crippen molar-refractivity contribution in [1.82, 2.24) is 24.5 Å². The number of ether oxygens (including phenoxy) is 1. The van der Waals surface area contributed by atoms with Gasteiger partial charge in [-0.15, -0.1) is 0 Å². The first-order valence-corrected chi connectivity index (χ1v) is 12.2. The van der Waals surface area contributed by atoms with Gasteiger partial charge in [0.25, 0.3) is 5.56 Å². The molecule has 1 aliphatic heterocycles. The zero-order valence-corrected chi connectivity index (χ0v) is 21.8. The predicted octanol–water partition coefficient (Wildman–Crippen LogP) is 2.92. The molecule has 11 nitrogen and oxygen atoms in total. The van der Waals surface area contributed by atoms with Gasteiger partial charge in [0, 0.05) is 26.1 Å². The molecule has 0 atom stereocenters. The molecule has 0 bridgehead atoms. The molecule has 13 heteroatoms. The van der Waals surface area contributed by atoms with Crippen molar-refractivity contribution in [2.45, 2.75) is 32.8 Å². The van der Waals surface area contributed by atoms with Crippen LogP contribution >= 0.6 is 23.2 Å². The van der Waals surface area contributed by atoms with E-state index in [1.54, 1.807) is 27.8 Å². The molecule has 3 aromatic rings. The summed E-state index contributed by atoms with van der Waals surface area (Å²) in [4.78, 5) is 40.5. The molecule has 1 amide bonds. The second-order valence-electron chi connectivity index (χ2n) is 9.30. The molecule has 1 aliphatic rings. The average molecular weight is 535 g/mol. The lowest BCUT2D eigenvalue weighted by atomic mass is 10.2. The lowest BCUT2D eigenvalue weighted by molar-refractivity contribution is 0.0231. The number of halogens is 2. The Morgan fingerprint density at radius 3 is 2.58 bits per heavy atom. The predicted molar refractivity (Wildman–Crippen MR) is 140 cm³/mol. The third-order valence-electron chi connectivity index (χ3n) is 5.54. The Morgan fingerprint density at radius 2 is 1.89 bits per heavy atom. The number of nitrogens with zero attached hydrogens (tertiary/aromatic N) is 6. The van der Waals surface area contributed by atoms with E-state index in [0.717, 1.165) is 0 Å². The number of anilines is 2. The standard InChI is InChI=1S/C23H28Cl2N8O3/c1-23(2,3)36-22(35)31-9-11-32(12-10-31)33-16(7-8-27-20-18(25)19(26)28-13-29-20)30-15-6-4-5-14(24)17(15)21(33)34/h4-6,13H,7-12H2,1-3H3,(H3,26,27,28,29). The molecule has 3 N–H and O–H groups in total. The summed E-state index contributed by atoms with van der Waals surface area (Å²) in [5.74, 6) is 1.10. The molecule has 0 saturated carbocycles. The Kier molecular flexibility index (Phi) is 7.41. The van der Waals surface area contributed by atoms with E-state index in [1.165, 1.54) is 6.33 Å². The van der Waals surface area contributed by atoms with Gasteiger partial charge in [-0.05, 0) is 32.9 Å². The molecule has 0 aliphatic carbocycles. The quantitative estimate of drug-likeness (QED) is 0.506. The van der Waals surface area contributed by atoms with Gasteiger partial charge in [0.1, 0.15) is 34.4 Å². The van der Waals surface area contributed by atoms with E-state index in [4.69, 9.17) is 38.7 Å². The van der Waals surface area contributed by atoms with Crippen LogP contribution in [0.4, 0.5) is 16.4 Å². The normalized spacial score (nSPS) is 14.2. The summed E-state index contributed by atoms with van der Waals surface area (Å²) in [6.45, 7) is 7.51. The number of aromatic nitrogens is 4. The van der Waals surface area contributed by atoms with Crippen LogP contribution in [0.3, 0.4) is 0 Å². The number of fused-ring (bicyclic) bond motifs is 1. The first kappa shape index (κ1) is 25.8. The van der Waals surface area contributed by atoms with Crippen LogP contribution in [-0.2, 0) is 11.2 Å². The lowest BCUT2D eigenvalue weighted by Gasteiger charge is -2.37. The van der Waals surface area contributed by atoms with E-state index < -0.39 is 5.60 Å². The number of nitrogen functional groups attached to an aromatic ring is 1. The van der Waals surface area contributed by atoms with Gasteiger partial charge in [-0.1, -0.05) is 29.3 Å². The van der Waals surface area contributed by atoms with Gasteiger partial charge in [0.2, 0.25) is 0 Å². The maximum atomic E-state index is 13.6. The van der Waals surface area contributed by atoms with Crippen molar-refractivity contribution in [2.75, 3.05) is 48.8 Å². The molecule has 1 saturated heterocycles. The number of hydrogen-bond donors (Lipinski definition) is 2. The highest BCUT2D eigenvalue weighted by Crippen LogP contribution is 2.23.